The van der Waals surface area contributed by atoms with Gasteiger partial charge in [0.1, 0.15) is 16.0 Å². The van der Waals surface area contributed by atoms with Crippen molar-refractivity contribution in [1.29, 1.82) is 0 Å². The minimum atomic E-state index is -0.571. The second-order valence-electron chi connectivity index (χ2n) is 3.70. The van der Waals surface area contributed by atoms with Crippen LogP contribution in [0.4, 0.5) is 0 Å². The Morgan fingerprint density at radius 1 is 1.43 bits per heavy atom. The van der Waals surface area contributed by atoms with Gasteiger partial charge in [-0.15, -0.1) is 0 Å². The zero-order valence-electron chi connectivity index (χ0n) is 8.47. The zero-order valence-corrected chi connectivity index (χ0v) is 10.1. The lowest BCUT2D eigenvalue weighted by Crippen LogP contribution is -2.28. The minimum absolute atomic E-state index is 0.136. The fourth-order valence-corrected chi connectivity index (χ4v) is 1.73. The Balaban J connectivity index is 3.31. The lowest BCUT2D eigenvalue weighted by molar-refractivity contribution is 0.396. The van der Waals surface area contributed by atoms with Crippen LogP contribution in [0.15, 0.2) is 16.6 Å². The highest BCUT2D eigenvalue weighted by atomic mass is 79.9. The molecule has 3 nitrogen and oxygen atoms in total. The molecular formula is C10H14BrNO2. The molecule has 0 saturated heterocycles. The number of hydrogen-bond donors (Lipinski definition) is 2. The van der Waals surface area contributed by atoms with E-state index in [-0.39, 0.29) is 5.75 Å². The maximum Gasteiger partial charge on any atom is 0.138 e. The monoisotopic (exact) mass is 259 g/mol. The molecule has 1 rings (SSSR count). The minimum Gasteiger partial charge on any atom is -0.506 e. The number of aromatic hydroxyl groups is 1. The second kappa shape index (κ2) is 3.79. The highest BCUT2D eigenvalue weighted by Gasteiger charge is 2.21. The molecule has 0 saturated carbocycles. The zero-order chi connectivity index (χ0) is 10.9. The fourth-order valence-electron chi connectivity index (χ4n) is 1.22. The van der Waals surface area contributed by atoms with E-state index in [0.29, 0.717) is 15.8 Å². The molecular weight excluding hydrogens is 246 g/mol. The molecule has 0 bridgehead atoms. The summed E-state index contributed by atoms with van der Waals surface area (Å²) in [6.07, 6.45) is 0. The first-order valence-corrected chi connectivity index (χ1v) is 5.02. The van der Waals surface area contributed by atoms with Crippen molar-refractivity contribution in [2.45, 2.75) is 19.4 Å². The first-order valence-electron chi connectivity index (χ1n) is 4.22. The summed E-state index contributed by atoms with van der Waals surface area (Å²) in [5.74, 6) is 0.729. The summed E-state index contributed by atoms with van der Waals surface area (Å²) in [7, 11) is 1.55. The lowest BCUT2D eigenvalue weighted by Gasteiger charge is -2.21. The second-order valence-corrected chi connectivity index (χ2v) is 4.49. The molecule has 4 heteroatoms. The summed E-state index contributed by atoms with van der Waals surface area (Å²) >= 11 is 3.25. The first kappa shape index (κ1) is 11.3. The number of halogens is 1. The van der Waals surface area contributed by atoms with Crippen molar-refractivity contribution in [2.24, 2.45) is 5.73 Å². The van der Waals surface area contributed by atoms with E-state index in [2.05, 4.69) is 15.9 Å². The predicted octanol–water partition coefficient (Wildman–Crippen LogP) is 2.36. The normalized spacial score (nSPS) is 11.5. The number of phenolic OH excluding ortho intramolecular Hbond substituents is 1. The van der Waals surface area contributed by atoms with E-state index in [0.717, 1.165) is 0 Å². The Hall–Kier alpha value is -0.740. The van der Waals surface area contributed by atoms with Crippen molar-refractivity contribution < 1.29 is 9.84 Å². The summed E-state index contributed by atoms with van der Waals surface area (Å²) in [5, 5.41) is 9.84. The summed E-state index contributed by atoms with van der Waals surface area (Å²) < 4.78 is 5.58. The fraction of sp³-hybridized carbons (Fsp3) is 0.400. The molecule has 0 heterocycles. The van der Waals surface area contributed by atoms with Crippen LogP contribution in [0.5, 0.6) is 11.5 Å². The molecule has 0 aliphatic heterocycles. The average molecular weight is 260 g/mol. The van der Waals surface area contributed by atoms with Crippen LogP contribution in [-0.2, 0) is 5.54 Å². The maximum atomic E-state index is 9.84. The highest BCUT2D eigenvalue weighted by molar-refractivity contribution is 9.10. The van der Waals surface area contributed by atoms with Crippen LogP contribution in [0.3, 0.4) is 0 Å². The SMILES string of the molecule is COc1ccc(C(C)(C)N)c(O)c1Br. The predicted molar refractivity (Wildman–Crippen MR) is 59.6 cm³/mol. The molecule has 0 aromatic heterocycles. The van der Waals surface area contributed by atoms with Crippen molar-refractivity contribution in [3.63, 3.8) is 0 Å². The van der Waals surface area contributed by atoms with Gasteiger partial charge < -0.3 is 15.6 Å². The number of ether oxygens (including phenoxy) is 1. The van der Waals surface area contributed by atoms with E-state index in [1.807, 2.05) is 13.8 Å². The van der Waals surface area contributed by atoms with Crippen molar-refractivity contribution in [3.05, 3.63) is 22.2 Å². The van der Waals surface area contributed by atoms with Crippen molar-refractivity contribution in [1.82, 2.24) is 0 Å². The number of methoxy groups -OCH3 is 1. The average Bonchev–Trinajstić information content (AvgIpc) is 2.07. The number of phenols is 1. The van der Waals surface area contributed by atoms with Gasteiger partial charge in [-0.2, -0.15) is 0 Å². The van der Waals surface area contributed by atoms with Crippen LogP contribution in [0.25, 0.3) is 0 Å². The molecule has 0 spiro atoms. The van der Waals surface area contributed by atoms with Crippen LogP contribution in [0, 0.1) is 0 Å². The van der Waals surface area contributed by atoms with Gasteiger partial charge >= 0.3 is 0 Å². The van der Waals surface area contributed by atoms with E-state index in [1.165, 1.54) is 0 Å². The first-order chi connectivity index (χ1) is 6.38. The van der Waals surface area contributed by atoms with Gasteiger partial charge in [0.15, 0.2) is 0 Å². The summed E-state index contributed by atoms with van der Waals surface area (Å²) in [6, 6.07) is 3.53. The molecule has 78 valence electrons. The lowest BCUT2D eigenvalue weighted by atomic mass is 9.95. The van der Waals surface area contributed by atoms with Gasteiger partial charge in [-0.1, -0.05) is 0 Å². The van der Waals surface area contributed by atoms with Crippen LogP contribution in [0.2, 0.25) is 0 Å². The summed E-state index contributed by atoms with van der Waals surface area (Å²) in [6.45, 7) is 3.67. The third-order valence-corrected chi connectivity index (χ3v) is 2.76. The largest absolute Gasteiger partial charge is 0.506 e. The molecule has 1 aromatic carbocycles. The van der Waals surface area contributed by atoms with Gasteiger partial charge in [0, 0.05) is 11.1 Å². The number of nitrogens with two attached hydrogens (primary N) is 1. The molecule has 0 aliphatic carbocycles. The van der Waals surface area contributed by atoms with Crippen LogP contribution in [-0.4, -0.2) is 12.2 Å². The quantitative estimate of drug-likeness (QED) is 0.858. The Kier molecular flexibility index (Phi) is 3.07. The number of benzene rings is 1. The molecule has 0 amide bonds. The molecule has 0 fully saturated rings. The van der Waals surface area contributed by atoms with Crippen molar-refractivity contribution in [2.75, 3.05) is 7.11 Å². The van der Waals surface area contributed by atoms with Gasteiger partial charge in [0.2, 0.25) is 0 Å². The van der Waals surface area contributed by atoms with Gasteiger partial charge in [-0.25, -0.2) is 0 Å². The Bertz CT molecular complexity index is 345. The Labute approximate surface area is 92.0 Å². The van der Waals surface area contributed by atoms with Crippen molar-refractivity contribution >= 4 is 15.9 Å². The summed E-state index contributed by atoms with van der Waals surface area (Å²) in [4.78, 5) is 0. The Morgan fingerprint density at radius 3 is 2.43 bits per heavy atom. The van der Waals surface area contributed by atoms with Crippen LogP contribution >= 0.6 is 15.9 Å². The molecule has 0 radical (unpaired) electrons. The molecule has 3 N–H and O–H groups in total. The van der Waals surface area contributed by atoms with E-state index in [9.17, 15) is 5.11 Å². The summed E-state index contributed by atoms with van der Waals surface area (Å²) in [5.41, 5.74) is 6.01. The third-order valence-electron chi connectivity index (χ3n) is 1.99. The van der Waals surface area contributed by atoms with Gasteiger partial charge in [-0.3, -0.25) is 0 Å². The molecule has 1 aromatic rings. The van der Waals surface area contributed by atoms with E-state index in [1.54, 1.807) is 19.2 Å². The van der Waals surface area contributed by atoms with Gasteiger partial charge in [-0.05, 0) is 41.9 Å². The Morgan fingerprint density at radius 2 is 2.00 bits per heavy atom. The van der Waals surface area contributed by atoms with E-state index >= 15 is 0 Å². The van der Waals surface area contributed by atoms with Crippen molar-refractivity contribution in [3.8, 4) is 11.5 Å². The number of rotatable bonds is 2. The number of hydrogen-bond acceptors (Lipinski definition) is 3. The smallest absolute Gasteiger partial charge is 0.138 e. The third kappa shape index (κ3) is 2.01. The van der Waals surface area contributed by atoms with Crippen LogP contribution < -0.4 is 10.5 Å². The van der Waals surface area contributed by atoms with Gasteiger partial charge in [0.05, 0.1) is 7.11 Å². The standard InChI is InChI=1S/C10H14BrNO2/c1-10(2,12)6-4-5-7(14-3)8(11)9(6)13/h4-5,13H,12H2,1-3H3. The molecule has 0 atom stereocenters. The maximum absolute atomic E-state index is 9.84. The highest BCUT2D eigenvalue weighted by Crippen LogP contribution is 2.39. The van der Waals surface area contributed by atoms with E-state index < -0.39 is 5.54 Å². The molecule has 0 aliphatic rings. The molecule has 14 heavy (non-hydrogen) atoms. The van der Waals surface area contributed by atoms with Gasteiger partial charge in [0.25, 0.3) is 0 Å². The topological polar surface area (TPSA) is 55.5 Å². The van der Waals surface area contributed by atoms with E-state index in [4.69, 9.17) is 10.5 Å². The molecule has 0 unspecified atom stereocenters. The van der Waals surface area contributed by atoms with Crippen LogP contribution in [0.1, 0.15) is 19.4 Å².